The summed E-state index contributed by atoms with van der Waals surface area (Å²) >= 11 is 0. The lowest BCUT2D eigenvalue weighted by Gasteiger charge is -2.36. The molecule has 0 aliphatic carbocycles. The molecule has 1 aromatic heterocycles. The van der Waals surface area contributed by atoms with E-state index in [0.29, 0.717) is 11.4 Å². The van der Waals surface area contributed by atoms with Crippen molar-refractivity contribution in [2.24, 2.45) is 0 Å². The fraction of sp³-hybridized carbons (Fsp3) is 0.235. The maximum atomic E-state index is 13.6. The molecule has 0 N–H and O–H groups in total. The summed E-state index contributed by atoms with van der Waals surface area (Å²) in [4.78, 5) is 5.58. The van der Waals surface area contributed by atoms with Gasteiger partial charge in [-0.15, -0.1) is 0 Å². The molecule has 0 radical (unpaired) electrons. The van der Waals surface area contributed by atoms with Gasteiger partial charge in [-0.1, -0.05) is 5.57 Å². The molecule has 120 valence electrons. The monoisotopic (exact) mass is 322 g/mol. The lowest BCUT2D eigenvalue weighted by Crippen LogP contribution is -2.30. The second kappa shape index (κ2) is 5.37. The summed E-state index contributed by atoms with van der Waals surface area (Å²) in [7, 11) is 0. The average Bonchev–Trinajstić information content (AvgIpc) is 2.44. The molecule has 0 saturated carbocycles. The van der Waals surface area contributed by atoms with Crippen LogP contribution >= 0.6 is 0 Å². The van der Waals surface area contributed by atoms with Crippen LogP contribution in [-0.4, -0.2) is 11.2 Å². The first-order chi connectivity index (χ1) is 10.8. The van der Waals surface area contributed by atoms with Crippen molar-refractivity contribution < 1.29 is 17.6 Å². The lowest BCUT2D eigenvalue weighted by atomic mass is 9.85. The van der Waals surface area contributed by atoms with Crippen molar-refractivity contribution in [3.8, 4) is 0 Å². The maximum absolute atomic E-state index is 13.6. The summed E-state index contributed by atoms with van der Waals surface area (Å²) in [5.41, 5.74) is 1.56. The highest BCUT2D eigenvalue weighted by molar-refractivity contribution is 5.78. The summed E-state index contributed by atoms with van der Waals surface area (Å²) in [6.07, 6.45) is -0.0675. The minimum atomic E-state index is -4.52. The standard InChI is InChI=1S/C17H14F4N2/c1-10(2)9-23-14-4-3-11(18)7-13(14)16(17(19,20)21)12-5-6-22-8-15(12)23/h3-9,16H,1-2H3. The van der Waals surface area contributed by atoms with Crippen LogP contribution in [0.25, 0.3) is 0 Å². The highest BCUT2D eigenvalue weighted by Crippen LogP contribution is 2.51. The van der Waals surface area contributed by atoms with Gasteiger partial charge in [0.1, 0.15) is 11.7 Å². The van der Waals surface area contributed by atoms with Gasteiger partial charge in [-0.3, -0.25) is 4.98 Å². The Morgan fingerprint density at radius 2 is 1.87 bits per heavy atom. The van der Waals surface area contributed by atoms with E-state index in [1.165, 1.54) is 30.6 Å². The number of pyridine rings is 1. The van der Waals surface area contributed by atoms with Gasteiger partial charge in [-0.25, -0.2) is 4.39 Å². The third kappa shape index (κ3) is 2.69. The predicted octanol–water partition coefficient (Wildman–Crippen LogP) is 5.29. The molecule has 23 heavy (non-hydrogen) atoms. The van der Waals surface area contributed by atoms with Crippen LogP contribution in [0, 0.1) is 5.82 Å². The van der Waals surface area contributed by atoms with Gasteiger partial charge in [0.25, 0.3) is 0 Å². The molecule has 0 bridgehead atoms. The molecule has 1 unspecified atom stereocenters. The van der Waals surface area contributed by atoms with Crippen LogP contribution in [0.1, 0.15) is 30.9 Å². The van der Waals surface area contributed by atoms with Crippen molar-refractivity contribution >= 4 is 11.4 Å². The Kier molecular flexibility index (Phi) is 3.62. The zero-order valence-electron chi connectivity index (χ0n) is 12.5. The van der Waals surface area contributed by atoms with Crippen molar-refractivity contribution in [2.45, 2.75) is 25.9 Å². The molecule has 0 fully saturated rings. The quantitative estimate of drug-likeness (QED) is 0.663. The van der Waals surface area contributed by atoms with Crippen LogP contribution in [-0.2, 0) is 0 Å². The highest BCUT2D eigenvalue weighted by Gasteiger charge is 2.47. The van der Waals surface area contributed by atoms with Crippen LogP contribution in [0.3, 0.4) is 0 Å². The van der Waals surface area contributed by atoms with Crippen molar-refractivity contribution in [3.63, 3.8) is 0 Å². The molecule has 0 saturated heterocycles. The fourth-order valence-corrected chi connectivity index (χ4v) is 2.87. The SMILES string of the molecule is CC(C)=CN1c2ccc(F)cc2C(C(F)(F)F)c2ccncc21. The molecule has 1 aliphatic heterocycles. The van der Waals surface area contributed by atoms with Crippen LogP contribution in [0.15, 0.2) is 48.4 Å². The van der Waals surface area contributed by atoms with Gasteiger partial charge in [-0.05, 0) is 49.2 Å². The fourth-order valence-electron chi connectivity index (χ4n) is 2.87. The van der Waals surface area contributed by atoms with Crippen molar-refractivity contribution in [2.75, 3.05) is 4.90 Å². The Hall–Kier alpha value is -2.37. The van der Waals surface area contributed by atoms with Crippen molar-refractivity contribution in [3.05, 3.63) is 65.4 Å². The van der Waals surface area contributed by atoms with E-state index < -0.39 is 17.9 Å². The smallest absolute Gasteiger partial charge is 0.315 e. The molecule has 3 rings (SSSR count). The van der Waals surface area contributed by atoms with Crippen LogP contribution in [0.4, 0.5) is 28.9 Å². The number of rotatable bonds is 1. The number of anilines is 2. The van der Waals surface area contributed by atoms with E-state index in [9.17, 15) is 17.6 Å². The van der Waals surface area contributed by atoms with Crippen LogP contribution in [0.5, 0.6) is 0 Å². The Labute approximate surface area is 131 Å². The first kappa shape index (κ1) is 15.5. The number of aromatic nitrogens is 1. The topological polar surface area (TPSA) is 16.1 Å². The van der Waals surface area contributed by atoms with E-state index in [-0.39, 0.29) is 11.1 Å². The minimum absolute atomic E-state index is 0.0723. The molecular weight excluding hydrogens is 308 g/mol. The maximum Gasteiger partial charge on any atom is 0.399 e. The first-order valence-corrected chi connectivity index (χ1v) is 7.03. The van der Waals surface area contributed by atoms with Gasteiger partial charge in [0.2, 0.25) is 0 Å². The highest BCUT2D eigenvalue weighted by atomic mass is 19.4. The number of fused-ring (bicyclic) bond motifs is 2. The number of alkyl halides is 3. The van der Waals surface area contributed by atoms with Crippen LogP contribution in [0.2, 0.25) is 0 Å². The van der Waals surface area contributed by atoms with E-state index in [2.05, 4.69) is 4.98 Å². The van der Waals surface area contributed by atoms with E-state index >= 15 is 0 Å². The third-order valence-corrected chi connectivity index (χ3v) is 3.68. The van der Waals surface area contributed by atoms with E-state index in [1.807, 2.05) is 13.8 Å². The number of hydrogen-bond acceptors (Lipinski definition) is 2. The molecule has 1 aromatic carbocycles. The van der Waals surface area contributed by atoms with Crippen LogP contribution < -0.4 is 4.90 Å². The van der Waals surface area contributed by atoms with Gasteiger partial charge < -0.3 is 4.90 Å². The lowest BCUT2D eigenvalue weighted by molar-refractivity contribution is -0.141. The van der Waals surface area contributed by atoms with Crippen molar-refractivity contribution in [1.29, 1.82) is 0 Å². The summed E-state index contributed by atoms with van der Waals surface area (Å²) < 4.78 is 54.5. The molecule has 2 aromatic rings. The second-order valence-electron chi connectivity index (χ2n) is 5.69. The van der Waals surface area contributed by atoms with E-state index in [0.717, 1.165) is 11.6 Å². The van der Waals surface area contributed by atoms with Crippen molar-refractivity contribution in [1.82, 2.24) is 4.98 Å². The summed E-state index contributed by atoms with van der Waals surface area (Å²) in [5, 5.41) is 0. The summed E-state index contributed by atoms with van der Waals surface area (Å²) in [5.74, 6) is -2.55. The Balaban J connectivity index is 2.33. The Bertz CT molecular complexity index is 776. The van der Waals surface area contributed by atoms with E-state index in [4.69, 9.17) is 0 Å². The third-order valence-electron chi connectivity index (χ3n) is 3.68. The predicted molar refractivity (Wildman–Crippen MR) is 80.1 cm³/mol. The van der Waals surface area contributed by atoms with Gasteiger partial charge in [0, 0.05) is 18.1 Å². The zero-order chi connectivity index (χ0) is 16.8. The molecule has 2 nitrogen and oxygen atoms in total. The molecule has 2 heterocycles. The number of nitrogens with zero attached hydrogens (tertiary/aromatic N) is 2. The Morgan fingerprint density at radius 3 is 2.52 bits per heavy atom. The minimum Gasteiger partial charge on any atom is -0.315 e. The molecule has 0 spiro atoms. The number of hydrogen-bond donors (Lipinski definition) is 0. The largest absolute Gasteiger partial charge is 0.399 e. The molecule has 1 aliphatic rings. The van der Waals surface area contributed by atoms with E-state index in [1.54, 1.807) is 11.1 Å². The number of halogens is 4. The Morgan fingerprint density at radius 1 is 1.13 bits per heavy atom. The molecule has 6 heteroatoms. The molecule has 1 atom stereocenters. The van der Waals surface area contributed by atoms with Gasteiger partial charge >= 0.3 is 6.18 Å². The van der Waals surface area contributed by atoms with Gasteiger partial charge in [0.05, 0.1) is 11.9 Å². The van der Waals surface area contributed by atoms with Gasteiger partial charge in [0.15, 0.2) is 0 Å². The normalized spacial score (nSPS) is 16.6. The zero-order valence-corrected chi connectivity index (χ0v) is 12.5. The first-order valence-electron chi connectivity index (χ1n) is 7.03. The summed E-state index contributed by atoms with van der Waals surface area (Å²) in [6.45, 7) is 3.68. The van der Waals surface area contributed by atoms with Gasteiger partial charge in [-0.2, -0.15) is 13.2 Å². The average molecular weight is 322 g/mol. The molecule has 0 amide bonds. The second-order valence-corrected chi connectivity index (χ2v) is 5.69. The molecular formula is C17H14F4N2. The number of allylic oxidation sites excluding steroid dienone is 1. The summed E-state index contributed by atoms with van der Waals surface area (Å²) in [6, 6.07) is 4.84. The number of benzene rings is 1.